The van der Waals surface area contributed by atoms with Gasteiger partial charge in [0, 0.05) is 5.02 Å². The monoisotopic (exact) mass is 211 g/mol. The molecule has 0 saturated carbocycles. The van der Waals surface area contributed by atoms with Crippen LogP contribution in [0, 0.1) is 0 Å². The van der Waals surface area contributed by atoms with Gasteiger partial charge in [-0.25, -0.2) is 0 Å². The lowest BCUT2D eigenvalue weighted by molar-refractivity contribution is 0.394. The first-order valence-electron chi connectivity index (χ1n) is 5.07. The molecule has 0 heterocycles. The van der Waals surface area contributed by atoms with Gasteiger partial charge < -0.3 is 4.90 Å². The zero-order valence-electron chi connectivity index (χ0n) is 8.96. The highest BCUT2D eigenvalue weighted by molar-refractivity contribution is 6.30. The predicted octanol–water partition coefficient (Wildman–Crippen LogP) is 3.22. The lowest BCUT2D eigenvalue weighted by Gasteiger charge is -2.08. The van der Waals surface area contributed by atoms with Crippen molar-refractivity contribution in [3.63, 3.8) is 0 Å². The smallest absolute Gasteiger partial charge is 0.0406 e. The van der Waals surface area contributed by atoms with E-state index in [0.717, 1.165) is 11.4 Å². The van der Waals surface area contributed by atoms with Gasteiger partial charge in [-0.1, -0.05) is 23.7 Å². The molecule has 2 heteroatoms. The third-order valence-corrected chi connectivity index (χ3v) is 2.49. The van der Waals surface area contributed by atoms with E-state index in [-0.39, 0.29) is 0 Å². The zero-order chi connectivity index (χ0) is 10.4. The summed E-state index contributed by atoms with van der Waals surface area (Å²) in [6.07, 6.45) is 3.67. The zero-order valence-corrected chi connectivity index (χ0v) is 9.72. The van der Waals surface area contributed by atoms with Crippen LogP contribution in [0.1, 0.15) is 18.4 Å². The molecular formula is C12H18ClN. The molecule has 0 fully saturated rings. The first-order chi connectivity index (χ1) is 6.68. The van der Waals surface area contributed by atoms with Gasteiger partial charge in [-0.15, -0.1) is 0 Å². The molecule has 1 nitrogen and oxygen atoms in total. The number of unbranched alkanes of at least 4 members (excludes halogenated alkanes) is 1. The average molecular weight is 212 g/mol. The Morgan fingerprint density at radius 1 is 1.07 bits per heavy atom. The fourth-order valence-electron chi connectivity index (χ4n) is 1.41. The van der Waals surface area contributed by atoms with E-state index in [4.69, 9.17) is 11.6 Å². The molecule has 0 aliphatic carbocycles. The van der Waals surface area contributed by atoms with Crippen molar-refractivity contribution in [2.24, 2.45) is 0 Å². The van der Waals surface area contributed by atoms with E-state index < -0.39 is 0 Å². The number of aryl methyl sites for hydroxylation is 1. The lowest BCUT2D eigenvalue weighted by atomic mass is 10.1. The van der Waals surface area contributed by atoms with Gasteiger partial charge in [0.25, 0.3) is 0 Å². The number of hydrogen-bond donors (Lipinski definition) is 0. The molecule has 0 unspecified atom stereocenters. The standard InChI is InChI=1S/C12H18ClN/c1-14(2)10-4-3-5-11-6-8-12(13)9-7-11/h6-9H,3-5,10H2,1-2H3. The first kappa shape index (κ1) is 11.5. The SMILES string of the molecule is CN(C)CCCCc1ccc(Cl)cc1. The Bertz CT molecular complexity index is 254. The molecule has 0 spiro atoms. The van der Waals surface area contributed by atoms with Gasteiger partial charge in [0.05, 0.1) is 0 Å². The summed E-state index contributed by atoms with van der Waals surface area (Å²) in [7, 11) is 4.23. The van der Waals surface area contributed by atoms with E-state index in [0.29, 0.717) is 0 Å². The summed E-state index contributed by atoms with van der Waals surface area (Å²) in [4.78, 5) is 2.22. The Kier molecular flexibility index (Phi) is 4.99. The van der Waals surface area contributed by atoms with Crippen LogP contribution >= 0.6 is 11.6 Å². The molecule has 1 aromatic carbocycles. The summed E-state index contributed by atoms with van der Waals surface area (Å²) in [5.74, 6) is 0. The van der Waals surface area contributed by atoms with Crippen molar-refractivity contribution in [3.05, 3.63) is 34.9 Å². The second-order valence-electron chi connectivity index (χ2n) is 3.89. The lowest BCUT2D eigenvalue weighted by Crippen LogP contribution is -2.12. The van der Waals surface area contributed by atoms with Gasteiger partial charge in [-0.3, -0.25) is 0 Å². The molecule has 0 radical (unpaired) electrons. The van der Waals surface area contributed by atoms with E-state index >= 15 is 0 Å². The molecule has 14 heavy (non-hydrogen) atoms. The number of rotatable bonds is 5. The van der Waals surface area contributed by atoms with Crippen molar-refractivity contribution in [2.45, 2.75) is 19.3 Å². The van der Waals surface area contributed by atoms with Crippen molar-refractivity contribution in [1.82, 2.24) is 4.90 Å². The highest BCUT2D eigenvalue weighted by atomic mass is 35.5. The van der Waals surface area contributed by atoms with Crippen LogP contribution in [0.2, 0.25) is 5.02 Å². The van der Waals surface area contributed by atoms with Crippen LogP contribution in [0.3, 0.4) is 0 Å². The summed E-state index contributed by atoms with van der Waals surface area (Å²) >= 11 is 5.81. The highest BCUT2D eigenvalue weighted by Crippen LogP contribution is 2.11. The highest BCUT2D eigenvalue weighted by Gasteiger charge is 1.94. The van der Waals surface area contributed by atoms with Gasteiger partial charge in [-0.2, -0.15) is 0 Å². The quantitative estimate of drug-likeness (QED) is 0.676. The molecule has 0 N–H and O–H groups in total. The molecule has 0 atom stereocenters. The molecule has 0 amide bonds. The van der Waals surface area contributed by atoms with E-state index in [1.165, 1.54) is 24.9 Å². The van der Waals surface area contributed by atoms with Crippen LogP contribution in [-0.2, 0) is 6.42 Å². The molecule has 0 bridgehead atoms. The third-order valence-electron chi connectivity index (χ3n) is 2.23. The maximum atomic E-state index is 5.81. The van der Waals surface area contributed by atoms with Crippen molar-refractivity contribution in [2.75, 3.05) is 20.6 Å². The summed E-state index contributed by atoms with van der Waals surface area (Å²) < 4.78 is 0. The van der Waals surface area contributed by atoms with Crippen LogP contribution in [0.25, 0.3) is 0 Å². The van der Waals surface area contributed by atoms with Crippen LogP contribution in [0.4, 0.5) is 0 Å². The molecule has 0 saturated heterocycles. The number of nitrogens with zero attached hydrogens (tertiary/aromatic N) is 1. The fourth-order valence-corrected chi connectivity index (χ4v) is 1.53. The molecule has 0 aliphatic rings. The average Bonchev–Trinajstić information content (AvgIpc) is 2.15. The topological polar surface area (TPSA) is 3.24 Å². The summed E-state index contributed by atoms with van der Waals surface area (Å²) in [6.45, 7) is 1.17. The van der Waals surface area contributed by atoms with Crippen LogP contribution in [0.15, 0.2) is 24.3 Å². The molecule has 78 valence electrons. The van der Waals surface area contributed by atoms with Crippen molar-refractivity contribution in [1.29, 1.82) is 0 Å². The second kappa shape index (κ2) is 6.05. The number of hydrogen-bond acceptors (Lipinski definition) is 1. The van der Waals surface area contributed by atoms with Crippen molar-refractivity contribution >= 4 is 11.6 Å². The molecule has 0 aromatic heterocycles. The van der Waals surface area contributed by atoms with Crippen LogP contribution in [0.5, 0.6) is 0 Å². The normalized spacial score (nSPS) is 10.9. The van der Waals surface area contributed by atoms with Crippen LogP contribution in [-0.4, -0.2) is 25.5 Å². The maximum absolute atomic E-state index is 5.81. The van der Waals surface area contributed by atoms with Gasteiger partial charge >= 0.3 is 0 Å². The minimum absolute atomic E-state index is 0.821. The fraction of sp³-hybridized carbons (Fsp3) is 0.500. The Hall–Kier alpha value is -0.530. The second-order valence-corrected chi connectivity index (χ2v) is 4.32. The molecule has 1 rings (SSSR count). The Labute approximate surface area is 91.7 Å². The summed E-state index contributed by atoms with van der Waals surface area (Å²) in [5, 5.41) is 0.821. The minimum Gasteiger partial charge on any atom is -0.309 e. The minimum atomic E-state index is 0.821. The maximum Gasteiger partial charge on any atom is 0.0406 e. The van der Waals surface area contributed by atoms with Gasteiger partial charge in [0.1, 0.15) is 0 Å². The van der Waals surface area contributed by atoms with Crippen molar-refractivity contribution in [3.8, 4) is 0 Å². The van der Waals surface area contributed by atoms with Crippen LogP contribution < -0.4 is 0 Å². The molecular weight excluding hydrogens is 194 g/mol. The van der Waals surface area contributed by atoms with E-state index in [1.807, 2.05) is 12.1 Å². The Morgan fingerprint density at radius 3 is 2.29 bits per heavy atom. The van der Waals surface area contributed by atoms with Crippen molar-refractivity contribution < 1.29 is 0 Å². The number of benzene rings is 1. The van der Waals surface area contributed by atoms with E-state index in [9.17, 15) is 0 Å². The summed E-state index contributed by atoms with van der Waals surface area (Å²) in [5.41, 5.74) is 1.38. The third kappa shape index (κ3) is 4.64. The predicted molar refractivity (Wildman–Crippen MR) is 62.9 cm³/mol. The number of halogens is 1. The van der Waals surface area contributed by atoms with E-state index in [1.54, 1.807) is 0 Å². The summed E-state index contributed by atoms with van der Waals surface area (Å²) in [6, 6.07) is 8.14. The van der Waals surface area contributed by atoms with E-state index in [2.05, 4.69) is 31.1 Å². The van der Waals surface area contributed by atoms with Gasteiger partial charge in [-0.05, 0) is 57.6 Å². The largest absolute Gasteiger partial charge is 0.309 e. The molecule has 1 aromatic rings. The first-order valence-corrected chi connectivity index (χ1v) is 5.45. The Balaban J connectivity index is 2.21. The van der Waals surface area contributed by atoms with Gasteiger partial charge in [0.2, 0.25) is 0 Å². The Morgan fingerprint density at radius 2 is 1.71 bits per heavy atom. The molecule has 0 aliphatic heterocycles. The van der Waals surface area contributed by atoms with Gasteiger partial charge in [0.15, 0.2) is 0 Å².